The Morgan fingerprint density at radius 3 is 2.76 bits per heavy atom. The molecule has 2 aromatic rings. The maximum atomic E-state index is 11.7. The van der Waals surface area contributed by atoms with Crippen molar-refractivity contribution in [2.75, 3.05) is 35.3 Å². The minimum Gasteiger partial charge on any atom is -0.370 e. The van der Waals surface area contributed by atoms with Crippen LogP contribution < -0.4 is 10.2 Å². The number of hydrogen-bond donors (Lipinski definition) is 1. The number of nitrogens with zero attached hydrogens (tertiary/aromatic N) is 3. The number of benzene rings is 1. The van der Waals surface area contributed by atoms with Crippen molar-refractivity contribution in [3.05, 3.63) is 48.2 Å². The average molecular weight is 360 g/mol. The summed E-state index contributed by atoms with van der Waals surface area (Å²) in [5.41, 5.74) is 1.33. The third-order valence-electron chi connectivity index (χ3n) is 4.51. The van der Waals surface area contributed by atoms with Crippen LogP contribution in [0.15, 0.2) is 42.6 Å². The van der Waals surface area contributed by atoms with E-state index < -0.39 is 9.84 Å². The maximum absolute atomic E-state index is 11.7. The summed E-state index contributed by atoms with van der Waals surface area (Å²) in [5, 5.41) is 3.32. The van der Waals surface area contributed by atoms with Crippen LogP contribution in [0.1, 0.15) is 18.4 Å². The van der Waals surface area contributed by atoms with E-state index in [1.165, 1.54) is 5.56 Å². The number of aromatic nitrogens is 2. The van der Waals surface area contributed by atoms with Crippen molar-refractivity contribution in [3.63, 3.8) is 0 Å². The van der Waals surface area contributed by atoms with Crippen LogP contribution in [0.5, 0.6) is 0 Å². The minimum atomic E-state index is -2.92. The molecule has 1 unspecified atom stereocenters. The molecule has 3 rings (SSSR count). The molecule has 2 heterocycles. The molecule has 134 valence electrons. The average Bonchev–Trinajstić information content (AvgIpc) is 2.99. The van der Waals surface area contributed by atoms with Gasteiger partial charge in [0.05, 0.1) is 11.5 Å². The fourth-order valence-corrected chi connectivity index (χ4v) is 4.79. The van der Waals surface area contributed by atoms with Crippen molar-refractivity contribution < 1.29 is 8.42 Å². The lowest BCUT2D eigenvalue weighted by Gasteiger charge is -2.23. The topological polar surface area (TPSA) is 75.2 Å². The first-order chi connectivity index (χ1) is 12.0. The summed E-state index contributed by atoms with van der Waals surface area (Å²) in [6.45, 7) is 0.826. The molecule has 1 aliphatic heterocycles. The summed E-state index contributed by atoms with van der Waals surface area (Å²) in [6, 6.07) is 12.2. The van der Waals surface area contributed by atoms with E-state index in [4.69, 9.17) is 0 Å². The van der Waals surface area contributed by atoms with E-state index >= 15 is 0 Å². The molecular formula is C18H24N4O2S. The quantitative estimate of drug-likeness (QED) is 0.763. The summed E-state index contributed by atoms with van der Waals surface area (Å²) in [4.78, 5) is 10.7. The van der Waals surface area contributed by atoms with Gasteiger partial charge in [-0.1, -0.05) is 30.3 Å². The number of nitrogens with one attached hydrogen (secondary N) is 1. The molecule has 0 amide bonds. The van der Waals surface area contributed by atoms with Gasteiger partial charge < -0.3 is 10.2 Å². The van der Waals surface area contributed by atoms with E-state index in [0.29, 0.717) is 12.4 Å². The SMILES string of the molecule is CN(c1nccc(NCCCc2ccccc2)n1)C1CCS(=O)(=O)C1. The van der Waals surface area contributed by atoms with Gasteiger partial charge in [-0.15, -0.1) is 0 Å². The van der Waals surface area contributed by atoms with Crippen LogP contribution >= 0.6 is 0 Å². The lowest BCUT2D eigenvalue weighted by Crippen LogP contribution is -2.33. The number of sulfone groups is 1. The number of anilines is 2. The van der Waals surface area contributed by atoms with Crippen LogP contribution in [-0.4, -0.2) is 49.5 Å². The zero-order chi connectivity index (χ0) is 17.7. The van der Waals surface area contributed by atoms with Gasteiger partial charge in [0.2, 0.25) is 5.95 Å². The van der Waals surface area contributed by atoms with Crippen molar-refractivity contribution in [1.29, 1.82) is 0 Å². The van der Waals surface area contributed by atoms with E-state index in [1.807, 2.05) is 24.1 Å². The molecule has 0 spiro atoms. The van der Waals surface area contributed by atoms with Gasteiger partial charge in [0.25, 0.3) is 0 Å². The lowest BCUT2D eigenvalue weighted by atomic mass is 10.1. The van der Waals surface area contributed by atoms with E-state index in [-0.39, 0.29) is 17.5 Å². The second kappa shape index (κ2) is 7.82. The van der Waals surface area contributed by atoms with Crippen molar-refractivity contribution in [1.82, 2.24) is 9.97 Å². The maximum Gasteiger partial charge on any atom is 0.227 e. The van der Waals surface area contributed by atoms with Crippen LogP contribution in [-0.2, 0) is 16.3 Å². The Balaban J connectivity index is 1.53. The molecule has 1 atom stereocenters. The van der Waals surface area contributed by atoms with Gasteiger partial charge in [0.15, 0.2) is 9.84 Å². The molecule has 7 heteroatoms. The van der Waals surface area contributed by atoms with Gasteiger partial charge >= 0.3 is 0 Å². The zero-order valence-electron chi connectivity index (χ0n) is 14.4. The van der Waals surface area contributed by atoms with Crippen molar-refractivity contribution >= 4 is 21.6 Å². The molecule has 1 aromatic heterocycles. The largest absolute Gasteiger partial charge is 0.370 e. The Morgan fingerprint density at radius 2 is 2.04 bits per heavy atom. The molecular weight excluding hydrogens is 336 g/mol. The second-order valence-corrected chi connectivity index (χ2v) is 8.65. The highest BCUT2D eigenvalue weighted by molar-refractivity contribution is 7.91. The number of rotatable bonds is 7. The molecule has 1 saturated heterocycles. The van der Waals surface area contributed by atoms with Crippen LogP contribution in [0.25, 0.3) is 0 Å². The Hall–Kier alpha value is -2.15. The molecule has 0 bridgehead atoms. The molecule has 25 heavy (non-hydrogen) atoms. The van der Waals surface area contributed by atoms with Gasteiger partial charge in [-0.3, -0.25) is 0 Å². The Morgan fingerprint density at radius 1 is 1.24 bits per heavy atom. The highest BCUT2D eigenvalue weighted by Gasteiger charge is 2.31. The predicted molar refractivity (Wildman–Crippen MR) is 101 cm³/mol. The molecule has 1 N–H and O–H groups in total. The smallest absolute Gasteiger partial charge is 0.227 e. The first kappa shape index (κ1) is 17.7. The highest BCUT2D eigenvalue weighted by atomic mass is 32.2. The van der Waals surface area contributed by atoms with Crippen LogP contribution in [0.3, 0.4) is 0 Å². The summed E-state index contributed by atoms with van der Waals surface area (Å²) < 4.78 is 23.3. The molecule has 1 aliphatic rings. The first-order valence-electron chi connectivity index (χ1n) is 8.58. The van der Waals surface area contributed by atoms with Crippen molar-refractivity contribution in [2.24, 2.45) is 0 Å². The third kappa shape index (κ3) is 4.92. The Labute approximate surface area is 149 Å². The number of aryl methyl sites for hydroxylation is 1. The monoisotopic (exact) mass is 360 g/mol. The number of hydrogen-bond acceptors (Lipinski definition) is 6. The minimum absolute atomic E-state index is 0.0432. The van der Waals surface area contributed by atoms with Gasteiger partial charge in [-0.05, 0) is 30.9 Å². The molecule has 0 radical (unpaired) electrons. The first-order valence-corrected chi connectivity index (χ1v) is 10.4. The fourth-order valence-electron chi connectivity index (χ4n) is 3.01. The van der Waals surface area contributed by atoms with Gasteiger partial charge in [-0.2, -0.15) is 4.98 Å². The van der Waals surface area contributed by atoms with Crippen LogP contribution in [0, 0.1) is 0 Å². The summed E-state index contributed by atoms with van der Waals surface area (Å²) in [5.74, 6) is 1.77. The highest BCUT2D eigenvalue weighted by Crippen LogP contribution is 2.20. The predicted octanol–water partition coefficient (Wildman–Crippen LogP) is 2.14. The zero-order valence-corrected chi connectivity index (χ0v) is 15.2. The molecule has 6 nitrogen and oxygen atoms in total. The van der Waals surface area contributed by atoms with E-state index in [0.717, 1.165) is 25.2 Å². The Kier molecular flexibility index (Phi) is 5.53. The lowest BCUT2D eigenvalue weighted by molar-refractivity contribution is 0.600. The summed E-state index contributed by atoms with van der Waals surface area (Å²) in [7, 11) is -1.05. The standard InChI is InChI=1S/C18H24N4O2S/c1-22(16-10-13-25(23,24)14-16)18-20-12-9-17(21-18)19-11-5-8-15-6-3-2-4-7-15/h2-4,6-7,9,12,16H,5,8,10-11,13-14H2,1H3,(H,19,20,21). The summed E-state index contributed by atoms with van der Waals surface area (Å²) >= 11 is 0. The van der Waals surface area contributed by atoms with Gasteiger partial charge in [0.1, 0.15) is 5.82 Å². The van der Waals surface area contributed by atoms with Gasteiger partial charge in [-0.25, -0.2) is 13.4 Å². The van der Waals surface area contributed by atoms with Crippen LogP contribution in [0.2, 0.25) is 0 Å². The second-order valence-electron chi connectivity index (χ2n) is 6.43. The normalized spacial score (nSPS) is 18.8. The third-order valence-corrected chi connectivity index (χ3v) is 6.26. The van der Waals surface area contributed by atoms with Crippen molar-refractivity contribution in [2.45, 2.75) is 25.3 Å². The van der Waals surface area contributed by atoms with Crippen molar-refractivity contribution in [3.8, 4) is 0 Å². The summed E-state index contributed by atoms with van der Waals surface area (Å²) in [6.07, 6.45) is 4.38. The Bertz CT molecular complexity index is 796. The molecule has 0 saturated carbocycles. The molecule has 1 aromatic carbocycles. The molecule has 1 fully saturated rings. The van der Waals surface area contributed by atoms with E-state index in [9.17, 15) is 8.42 Å². The van der Waals surface area contributed by atoms with E-state index in [2.05, 4.69) is 39.6 Å². The van der Waals surface area contributed by atoms with Crippen LogP contribution in [0.4, 0.5) is 11.8 Å². The fraction of sp³-hybridized carbons (Fsp3) is 0.444. The van der Waals surface area contributed by atoms with E-state index in [1.54, 1.807) is 6.20 Å². The molecule has 0 aliphatic carbocycles. The van der Waals surface area contributed by atoms with Gasteiger partial charge in [0, 0.05) is 25.8 Å².